The van der Waals surface area contributed by atoms with E-state index in [9.17, 15) is 4.79 Å². The summed E-state index contributed by atoms with van der Waals surface area (Å²) >= 11 is 0. The molecule has 0 amide bonds. The summed E-state index contributed by atoms with van der Waals surface area (Å²) in [4.78, 5) is 22.7. The standard InChI is InChI=1S/C33H43N3O3/c1-6-11-22-36(23-12-7-2)27-19-20-29(30(24-27)38-10-5)33(31-28(32(37)39-33)14-13-21-34-31)25-15-17-26(18-16-25)35(8-3)9-4/h13-21,24H,6-12,22-23H2,1-5H3. The Bertz CT molecular complexity index is 1230. The molecule has 1 aliphatic rings. The van der Waals surface area contributed by atoms with Crippen molar-refractivity contribution in [3.05, 3.63) is 83.2 Å². The monoisotopic (exact) mass is 529 g/mol. The topological polar surface area (TPSA) is 54.9 Å². The highest BCUT2D eigenvalue weighted by molar-refractivity contribution is 5.95. The zero-order chi connectivity index (χ0) is 27.8. The number of ether oxygens (including phenoxy) is 2. The normalized spacial score (nSPS) is 16.1. The van der Waals surface area contributed by atoms with Gasteiger partial charge in [-0.15, -0.1) is 0 Å². The first-order valence-corrected chi connectivity index (χ1v) is 14.6. The molecule has 2 aromatic carbocycles. The molecule has 6 heteroatoms. The van der Waals surface area contributed by atoms with Gasteiger partial charge in [-0.25, -0.2) is 4.79 Å². The van der Waals surface area contributed by atoms with E-state index in [-0.39, 0.29) is 5.97 Å². The third-order valence-electron chi connectivity index (χ3n) is 7.58. The van der Waals surface area contributed by atoms with Crippen LogP contribution in [0.5, 0.6) is 5.75 Å². The van der Waals surface area contributed by atoms with Crippen molar-refractivity contribution in [2.75, 3.05) is 42.6 Å². The molecule has 1 aliphatic heterocycles. The molecule has 39 heavy (non-hydrogen) atoms. The molecule has 3 aromatic rings. The quantitative estimate of drug-likeness (QED) is 0.206. The fourth-order valence-corrected chi connectivity index (χ4v) is 5.46. The lowest BCUT2D eigenvalue weighted by molar-refractivity contribution is 0.0235. The third kappa shape index (κ3) is 5.61. The number of hydrogen-bond acceptors (Lipinski definition) is 6. The van der Waals surface area contributed by atoms with Gasteiger partial charge in [-0.2, -0.15) is 0 Å². The molecular weight excluding hydrogens is 486 g/mol. The second-order valence-electron chi connectivity index (χ2n) is 10.00. The number of hydrogen-bond donors (Lipinski definition) is 0. The van der Waals surface area contributed by atoms with Gasteiger partial charge in [-0.05, 0) is 70.0 Å². The lowest BCUT2D eigenvalue weighted by Gasteiger charge is -2.32. The molecule has 0 aliphatic carbocycles. The Morgan fingerprint density at radius 3 is 2.13 bits per heavy atom. The highest BCUT2D eigenvalue weighted by atomic mass is 16.6. The number of rotatable bonds is 14. The van der Waals surface area contributed by atoms with Crippen LogP contribution in [0.15, 0.2) is 60.8 Å². The zero-order valence-corrected chi connectivity index (χ0v) is 24.2. The van der Waals surface area contributed by atoms with Crippen molar-refractivity contribution >= 4 is 17.3 Å². The Kier molecular flexibility index (Phi) is 9.50. The Morgan fingerprint density at radius 2 is 1.51 bits per heavy atom. The van der Waals surface area contributed by atoms with Gasteiger partial charge in [-0.1, -0.05) is 38.8 Å². The lowest BCUT2D eigenvalue weighted by Crippen LogP contribution is -2.32. The number of esters is 1. The summed E-state index contributed by atoms with van der Waals surface area (Å²) in [5.74, 6) is 0.345. The minimum atomic E-state index is -1.20. The van der Waals surface area contributed by atoms with Crippen molar-refractivity contribution in [2.45, 2.75) is 65.9 Å². The number of benzene rings is 2. The fraction of sp³-hybridized carbons (Fsp3) is 0.455. The van der Waals surface area contributed by atoms with Crippen LogP contribution < -0.4 is 14.5 Å². The van der Waals surface area contributed by atoms with Crippen LogP contribution in [0.25, 0.3) is 0 Å². The smallest absolute Gasteiger partial charge is 0.341 e. The van der Waals surface area contributed by atoms with Crippen molar-refractivity contribution in [3.8, 4) is 5.75 Å². The highest BCUT2D eigenvalue weighted by Crippen LogP contribution is 2.49. The summed E-state index contributed by atoms with van der Waals surface area (Å²) in [6.45, 7) is 15.1. The minimum Gasteiger partial charge on any atom is -0.493 e. The van der Waals surface area contributed by atoms with Gasteiger partial charge in [-0.3, -0.25) is 4.98 Å². The molecule has 6 nitrogen and oxygen atoms in total. The molecule has 1 aromatic heterocycles. The number of unbranched alkanes of at least 4 members (excludes halogenated alkanes) is 2. The van der Waals surface area contributed by atoms with E-state index in [4.69, 9.17) is 14.5 Å². The molecule has 208 valence electrons. The summed E-state index contributed by atoms with van der Waals surface area (Å²) in [6.07, 6.45) is 6.28. The van der Waals surface area contributed by atoms with Crippen LogP contribution >= 0.6 is 0 Å². The van der Waals surface area contributed by atoms with Crippen LogP contribution in [0, 0.1) is 0 Å². The maximum absolute atomic E-state index is 13.3. The van der Waals surface area contributed by atoms with E-state index < -0.39 is 5.60 Å². The van der Waals surface area contributed by atoms with Crippen LogP contribution in [0.4, 0.5) is 11.4 Å². The minimum absolute atomic E-state index is 0.370. The molecule has 0 fully saturated rings. The van der Waals surface area contributed by atoms with Gasteiger partial charge in [0, 0.05) is 60.9 Å². The van der Waals surface area contributed by atoms with Crippen LogP contribution in [-0.4, -0.2) is 43.7 Å². The highest BCUT2D eigenvalue weighted by Gasteiger charge is 2.51. The van der Waals surface area contributed by atoms with E-state index in [0.717, 1.165) is 74.4 Å². The predicted molar refractivity (Wildman–Crippen MR) is 159 cm³/mol. The molecule has 1 atom stereocenters. The van der Waals surface area contributed by atoms with E-state index in [1.807, 2.05) is 6.92 Å². The second kappa shape index (κ2) is 13.0. The van der Waals surface area contributed by atoms with Crippen molar-refractivity contribution in [1.82, 2.24) is 4.98 Å². The van der Waals surface area contributed by atoms with Crippen molar-refractivity contribution < 1.29 is 14.3 Å². The summed E-state index contributed by atoms with van der Waals surface area (Å²) in [5, 5.41) is 0. The third-order valence-corrected chi connectivity index (χ3v) is 7.58. The largest absolute Gasteiger partial charge is 0.493 e. The van der Waals surface area contributed by atoms with Crippen molar-refractivity contribution in [3.63, 3.8) is 0 Å². The maximum Gasteiger partial charge on any atom is 0.341 e. The summed E-state index contributed by atoms with van der Waals surface area (Å²) in [7, 11) is 0. The van der Waals surface area contributed by atoms with Crippen LogP contribution in [0.1, 0.15) is 87.5 Å². The Morgan fingerprint density at radius 1 is 0.846 bits per heavy atom. The van der Waals surface area contributed by atoms with Crippen LogP contribution in [-0.2, 0) is 10.3 Å². The van der Waals surface area contributed by atoms with E-state index in [1.54, 1.807) is 18.3 Å². The number of anilines is 2. The SMILES string of the molecule is CCCCN(CCCC)c1ccc(C2(c3ccc(N(CC)CC)cc3)OC(=O)c3cccnc32)c(OCC)c1. The van der Waals surface area contributed by atoms with Crippen LogP contribution in [0.2, 0.25) is 0 Å². The van der Waals surface area contributed by atoms with Gasteiger partial charge >= 0.3 is 5.97 Å². The van der Waals surface area contributed by atoms with E-state index in [2.05, 4.69) is 80.0 Å². The first-order chi connectivity index (χ1) is 19.0. The zero-order valence-electron chi connectivity index (χ0n) is 24.2. The average molecular weight is 530 g/mol. The van der Waals surface area contributed by atoms with Crippen molar-refractivity contribution in [1.29, 1.82) is 0 Å². The number of carbonyl (C=O) groups excluding carboxylic acids is 1. The molecule has 0 radical (unpaired) electrons. The van der Waals surface area contributed by atoms with Gasteiger partial charge in [0.15, 0.2) is 0 Å². The second-order valence-corrected chi connectivity index (χ2v) is 10.00. The Labute approximate surface area is 234 Å². The van der Waals surface area contributed by atoms with Gasteiger partial charge < -0.3 is 19.3 Å². The van der Waals surface area contributed by atoms with Gasteiger partial charge in [0.25, 0.3) is 0 Å². The molecule has 0 N–H and O–H groups in total. The number of nitrogens with zero attached hydrogens (tertiary/aromatic N) is 3. The predicted octanol–water partition coefficient (Wildman–Crippen LogP) is 7.20. The number of carbonyl (C=O) groups is 1. The van der Waals surface area contributed by atoms with Crippen molar-refractivity contribution in [2.24, 2.45) is 0 Å². The Hall–Kier alpha value is -3.54. The van der Waals surface area contributed by atoms with Crippen LogP contribution in [0.3, 0.4) is 0 Å². The molecule has 0 spiro atoms. The molecule has 0 saturated carbocycles. The van der Waals surface area contributed by atoms with Gasteiger partial charge in [0.05, 0.1) is 12.2 Å². The first-order valence-electron chi connectivity index (χ1n) is 14.6. The molecule has 2 heterocycles. The molecule has 0 saturated heterocycles. The summed E-state index contributed by atoms with van der Waals surface area (Å²) in [5.41, 5.74) is 3.80. The summed E-state index contributed by atoms with van der Waals surface area (Å²) < 4.78 is 12.6. The number of pyridine rings is 1. The average Bonchev–Trinajstić information content (AvgIpc) is 3.27. The van der Waals surface area contributed by atoms with E-state index >= 15 is 0 Å². The van der Waals surface area contributed by atoms with Gasteiger partial charge in [0.1, 0.15) is 11.4 Å². The molecule has 0 bridgehead atoms. The van der Waals surface area contributed by atoms with Gasteiger partial charge in [0.2, 0.25) is 5.60 Å². The molecule has 4 rings (SSSR count). The molecular formula is C33H43N3O3. The fourth-order valence-electron chi connectivity index (χ4n) is 5.46. The molecule has 1 unspecified atom stereocenters. The first kappa shape index (κ1) is 28.5. The number of cyclic esters (lactones) is 1. The summed E-state index contributed by atoms with van der Waals surface area (Å²) in [6, 6.07) is 18.2. The maximum atomic E-state index is 13.3. The lowest BCUT2D eigenvalue weighted by atomic mass is 9.82. The number of aromatic nitrogens is 1. The number of fused-ring (bicyclic) bond motifs is 1. The van der Waals surface area contributed by atoms with E-state index in [0.29, 0.717) is 23.6 Å². The Balaban J connectivity index is 1.89. The van der Waals surface area contributed by atoms with E-state index in [1.165, 1.54) is 0 Å².